The average molecular weight is 399 g/mol. The van der Waals surface area contributed by atoms with Gasteiger partial charge in [-0.25, -0.2) is 19.9 Å². The predicted octanol–water partition coefficient (Wildman–Crippen LogP) is 2.40. The van der Waals surface area contributed by atoms with Crippen LogP contribution in [0.25, 0.3) is 16.7 Å². The van der Waals surface area contributed by atoms with E-state index < -0.39 is 0 Å². The van der Waals surface area contributed by atoms with Gasteiger partial charge < -0.3 is 20.3 Å². The molecule has 4 aromatic heterocycles. The Hall–Kier alpha value is -2.91. The quantitative estimate of drug-likeness (QED) is 0.484. The third-order valence-corrected chi connectivity index (χ3v) is 5.45. The van der Waals surface area contributed by atoms with E-state index in [0.717, 1.165) is 29.9 Å². The van der Waals surface area contributed by atoms with Gasteiger partial charge in [0.2, 0.25) is 0 Å². The van der Waals surface area contributed by atoms with Crippen LogP contribution in [0.4, 0.5) is 11.6 Å². The van der Waals surface area contributed by atoms with Gasteiger partial charge in [-0.05, 0) is 19.4 Å². The average Bonchev–Trinajstić information content (AvgIpc) is 3.42. The number of pyridine rings is 1. The summed E-state index contributed by atoms with van der Waals surface area (Å²) in [7, 11) is 0. The molecule has 0 bridgehead atoms. The molecule has 1 aliphatic heterocycles. The lowest BCUT2D eigenvalue weighted by atomic mass is 10.1. The van der Waals surface area contributed by atoms with E-state index in [-0.39, 0.29) is 12.1 Å². The van der Waals surface area contributed by atoms with E-state index >= 15 is 0 Å². The van der Waals surface area contributed by atoms with Crippen LogP contribution in [0.3, 0.4) is 0 Å². The zero-order valence-electron chi connectivity index (χ0n) is 15.2. The molecule has 1 aliphatic rings. The van der Waals surface area contributed by atoms with Crippen LogP contribution >= 0.6 is 11.6 Å². The third kappa shape index (κ3) is 2.74. The largest absolute Gasteiger partial charge is 0.391 e. The number of H-pyrrole nitrogens is 1. The van der Waals surface area contributed by atoms with Crippen LogP contribution < -0.4 is 10.2 Å². The number of aliphatic hydroxyl groups is 1. The van der Waals surface area contributed by atoms with Crippen molar-refractivity contribution < 1.29 is 5.11 Å². The highest BCUT2D eigenvalue weighted by Gasteiger charge is 2.27. The Kier molecular flexibility index (Phi) is 4.06. The van der Waals surface area contributed by atoms with Crippen LogP contribution in [0.1, 0.15) is 24.9 Å². The lowest BCUT2D eigenvalue weighted by molar-refractivity contribution is 0.198. The molecule has 0 aromatic carbocycles. The van der Waals surface area contributed by atoms with Gasteiger partial charge in [-0.1, -0.05) is 11.6 Å². The molecule has 28 heavy (non-hydrogen) atoms. The second-order valence-corrected chi connectivity index (χ2v) is 7.40. The maximum atomic E-state index is 10.1. The summed E-state index contributed by atoms with van der Waals surface area (Å²) in [4.78, 5) is 22.3. The number of nitrogens with zero attached hydrogens (tertiary/aromatic N) is 6. The summed E-state index contributed by atoms with van der Waals surface area (Å²) in [6.07, 6.45) is 7.00. The summed E-state index contributed by atoms with van der Waals surface area (Å²) >= 11 is 6.54. The van der Waals surface area contributed by atoms with Gasteiger partial charge in [0.05, 0.1) is 35.2 Å². The molecule has 9 nitrogen and oxygen atoms in total. The Bertz CT molecular complexity index is 1160. The van der Waals surface area contributed by atoms with E-state index in [0.29, 0.717) is 28.5 Å². The molecular formula is C18H19ClN8O. The number of β-amino-alcohol motifs (C(OH)–C–C–N with tert-alkyl or cyclic N) is 1. The molecule has 0 spiro atoms. The molecule has 10 heteroatoms. The number of fused-ring (bicyclic) bond motifs is 2. The van der Waals surface area contributed by atoms with Crippen molar-refractivity contribution in [3.05, 3.63) is 41.8 Å². The maximum Gasteiger partial charge on any atom is 0.162 e. The molecule has 1 fully saturated rings. The Labute approximate surface area is 165 Å². The number of hydrogen-bond acceptors (Lipinski definition) is 7. The van der Waals surface area contributed by atoms with E-state index in [1.54, 1.807) is 18.9 Å². The molecule has 0 radical (unpaired) electrons. The molecule has 0 saturated carbocycles. The first-order valence-corrected chi connectivity index (χ1v) is 9.47. The van der Waals surface area contributed by atoms with Crippen molar-refractivity contribution in [2.75, 3.05) is 23.3 Å². The zero-order chi connectivity index (χ0) is 19.3. The van der Waals surface area contributed by atoms with E-state index in [1.807, 2.05) is 17.4 Å². The van der Waals surface area contributed by atoms with Crippen molar-refractivity contribution in [3.63, 3.8) is 0 Å². The van der Waals surface area contributed by atoms with Crippen molar-refractivity contribution in [1.82, 2.24) is 29.3 Å². The second-order valence-electron chi connectivity index (χ2n) is 7.00. The van der Waals surface area contributed by atoms with E-state index in [1.165, 1.54) is 6.33 Å². The highest BCUT2D eigenvalue weighted by molar-refractivity contribution is 6.34. The number of nitrogens with one attached hydrogen (secondary N) is 2. The fourth-order valence-electron chi connectivity index (χ4n) is 3.80. The summed E-state index contributed by atoms with van der Waals surface area (Å²) in [5.74, 6) is 1.62. The summed E-state index contributed by atoms with van der Waals surface area (Å²) in [5.41, 5.74) is 3.19. The minimum atomic E-state index is -0.337. The second kappa shape index (κ2) is 6.61. The predicted molar refractivity (Wildman–Crippen MR) is 107 cm³/mol. The summed E-state index contributed by atoms with van der Waals surface area (Å²) in [5, 5.41) is 14.1. The highest BCUT2D eigenvalue weighted by atomic mass is 35.5. The van der Waals surface area contributed by atoms with Gasteiger partial charge in [-0.3, -0.25) is 4.40 Å². The Morgan fingerprint density at radius 3 is 3.07 bits per heavy atom. The number of aliphatic hydroxyl groups excluding tert-OH is 1. The minimum absolute atomic E-state index is 0.119. The van der Waals surface area contributed by atoms with Crippen LogP contribution in [0.2, 0.25) is 5.02 Å². The fraction of sp³-hybridized carbons (Fsp3) is 0.333. The topological polar surface area (TPSA) is 107 Å². The van der Waals surface area contributed by atoms with Crippen LogP contribution in [-0.4, -0.2) is 53.6 Å². The van der Waals surface area contributed by atoms with Crippen molar-refractivity contribution in [2.45, 2.75) is 25.5 Å². The number of anilines is 2. The van der Waals surface area contributed by atoms with Gasteiger partial charge in [0.1, 0.15) is 24.0 Å². The van der Waals surface area contributed by atoms with Crippen molar-refractivity contribution in [1.29, 1.82) is 0 Å². The molecule has 1 unspecified atom stereocenters. The Morgan fingerprint density at radius 1 is 1.36 bits per heavy atom. The van der Waals surface area contributed by atoms with E-state index in [9.17, 15) is 5.11 Å². The van der Waals surface area contributed by atoms with Gasteiger partial charge in [0, 0.05) is 18.7 Å². The first-order valence-electron chi connectivity index (χ1n) is 9.10. The minimum Gasteiger partial charge on any atom is -0.391 e. The monoisotopic (exact) mass is 398 g/mol. The molecule has 4 aromatic rings. The molecule has 1 saturated heterocycles. The van der Waals surface area contributed by atoms with Crippen LogP contribution in [0.5, 0.6) is 0 Å². The lowest BCUT2D eigenvalue weighted by Gasteiger charge is -2.27. The standard InChI is InChI=1S/C18H19ClN8O/c1-10(25-17-15-16(22-7-21-15)23-8-24-17)12-4-13(19)14-5-20-9-27(14)18(12)26-3-2-11(28)6-26/h4-5,7-11,28H,2-3,6H2,1H3,(H2,21,22,23,24,25)/t10?,11-/m1/s1. The normalized spacial score (nSPS) is 18.2. The highest BCUT2D eigenvalue weighted by Crippen LogP contribution is 2.35. The number of rotatable bonds is 4. The van der Waals surface area contributed by atoms with Crippen molar-refractivity contribution in [2.24, 2.45) is 0 Å². The fourth-order valence-corrected chi connectivity index (χ4v) is 4.05. The molecular weight excluding hydrogens is 380 g/mol. The summed E-state index contributed by atoms with van der Waals surface area (Å²) < 4.78 is 1.98. The summed E-state index contributed by atoms with van der Waals surface area (Å²) in [6.45, 7) is 3.39. The van der Waals surface area contributed by atoms with Gasteiger partial charge in [0.15, 0.2) is 11.5 Å². The van der Waals surface area contributed by atoms with E-state index in [2.05, 4.69) is 35.1 Å². The van der Waals surface area contributed by atoms with Crippen molar-refractivity contribution in [3.8, 4) is 0 Å². The SMILES string of the molecule is CC(Nc1ncnc2[nH]cnc12)c1cc(Cl)c2cncn2c1N1CC[C@@H](O)C1. The molecule has 2 atom stereocenters. The van der Waals surface area contributed by atoms with Gasteiger partial charge in [0.25, 0.3) is 0 Å². The van der Waals surface area contributed by atoms with Gasteiger partial charge in [-0.15, -0.1) is 0 Å². The number of imidazole rings is 2. The van der Waals surface area contributed by atoms with E-state index in [4.69, 9.17) is 11.6 Å². The van der Waals surface area contributed by atoms with Crippen LogP contribution in [-0.2, 0) is 0 Å². The number of halogens is 1. The van der Waals surface area contributed by atoms with Crippen LogP contribution in [0.15, 0.2) is 31.2 Å². The third-order valence-electron chi connectivity index (χ3n) is 5.15. The molecule has 5 heterocycles. The Morgan fingerprint density at radius 2 is 2.25 bits per heavy atom. The molecule has 0 amide bonds. The molecule has 0 aliphatic carbocycles. The van der Waals surface area contributed by atoms with Gasteiger partial charge >= 0.3 is 0 Å². The Balaban J connectivity index is 1.60. The summed E-state index contributed by atoms with van der Waals surface area (Å²) in [6, 6.07) is 1.84. The van der Waals surface area contributed by atoms with Crippen LogP contribution in [0, 0.1) is 0 Å². The number of aromatic nitrogens is 6. The molecule has 144 valence electrons. The molecule has 3 N–H and O–H groups in total. The van der Waals surface area contributed by atoms with Crippen molar-refractivity contribution >= 4 is 39.9 Å². The maximum absolute atomic E-state index is 10.1. The van der Waals surface area contributed by atoms with Gasteiger partial charge in [-0.2, -0.15) is 0 Å². The smallest absolute Gasteiger partial charge is 0.162 e. The molecule has 5 rings (SSSR count). The lowest BCUT2D eigenvalue weighted by Crippen LogP contribution is -2.26. The zero-order valence-corrected chi connectivity index (χ0v) is 15.9. The number of aromatic amines is 1. The first-order chi connectivity index (χ1) is 13.6. The first kappa shape index (κ1) is 17.2. The number of hydrogen-bond donors (Lipinski definition) is 3.